The highest BCUT2D eigenvalue weighted by molar-refractivity contribution is 9.10. The van der Waals surface area contributed by atoms with E-state index in [2.05, 4.69) is 31.7 Å². The predicted molar refractivity (Wildman–Crippen MR) is 108 cm³/mol. The van der Waals surface area contributed by atoms with Gasteiger partial charge < -0.3 is 10.6 Å². The summed E-state index contributed by atoms with van der Waals surface area (Å²) in [5.74, 6) is -0.461. The Hall–Kier alpha value is -2.64. The van der Waals surface area contributed by atoms with Gasteiger partial charge in [0.25, 0.3) is 5.91 Å². The number of anilines is 1. The van der Waals surface area contributed by atoms with E-state index in [9.17, 15) is 9.59 Å². The Morgan fingerprint density at radius 2 is 1.93 bits per heavy atom. The molecule has 0 saturated heterocycles. The molecule has 0 atom stereocenters. The Labute approximate surface area is 169 Å². The van der Waals surface area contributed by atoms with Crippen LogP contribution in [-0.4, -0.2) is 28.1 Å². The molecule has 0 radical (unpaired) electrons. The van der Waals surface area contributed by atoms with Gasteiger partial charge in [0.15, 0.2) is 0 Å². The number of hydrogen-bond acceptors (Lipinski definition) is 3. The molecule has 0 aliphatic rings. The highest BCUT2D eigenvalue weighted by Crippen LogP contribution is 2.24. The summed E-state index contributed by atoms with van der Waals surface area (Å²) in [4.78, 5) is 24.3. The van der Waals surface area contributed by atoms with Crippen molar-refractivity contribution < 1.29 is 9.59 Å². The highest BCUT2D eigenvalue weighted by Gasteiger charge is 2.11. The summed E-state index contributed by atoms with van der Waals surface area (Å²) in [5.41, 5.74) is 1.79. The molecule has 0 spiro atoms. The Morgan fingerprint density at radius 1 is 1.15 bits per heavy atom. The minimum absolute atomic E-state index is 0.132. The van der Waals surface area contributed by atoms with Crippen LogP contribution in [0.25, 0.3) is 5.69 Å². The third-order valence-corrected chi connectivity index (χ3v) is 4.49. The number of rotatable bonds is 6. The van der Waals surface area contributed by atoms with Crippen LogP contribution in [-0.2, 0) is 4.79 Å². The number of aromatic nitrogens is 2. The lowest BCUT2D eigenvalue weighted by Gasteiger charge is -2.12. The molecule has 2 aromatic carbocycles. The number of halogens is 2. The molecule has 3 aromatic rings. The average Bonchev–Trinajstić information content (AvgIpc) is 3.16. The van der Waals surface area contributed by atoms with Gasteiger partial charge in [-0.1, -0.05) is 27.5 Å². The van der Waals surface area contributed by atoms with Crippen LogP contribution in [0.5, 0.6) is 0 Å². The number of nitrogens with zero attached hydrogens (tertiary/aromatic N) is 2. The average molecular weight is 448 g/mol. The molecule has 1 aromatic heterocycles. The van der Waals surface area contributed by atoms with E-state index in [4.69, 9.17) is 11.6 Å². The molecule has 27 heavy (non-hydrogen) atoms. The van der Waals surface area contributed by atoms with Crippen molar-refractivity contribution in [1.82, 2.24) is 15.1 Å². The zero-order valence-corrected chi connectivity index (χ0v) is 16.5. The van der Waals surface area contributed by atoms with E-state index < -0.39 is 0 Å². The smallest absolute Gasteiger partial charge is 0.251 e. The summed E-state index contributed by atoms with van der Waals surface area (Å²) >= 11 is 9.37. The van der Waals surface area contributed by atoms with Crippen molar-refractivity contribution in [3.8, 4) is 5.69 Å². The monoisotopic (exact) mass is 446 g/mol. The third-order valence-electron chi connectivity index (χ3n) is 3.73. The fourth-order valence-electron chi connectivity index (χ4n) is 2.43. The standard InChI is InChI=1S/C19H16BrClN4O2/c20-14-4-2-13(3-5-14)19(27)22-10-8-18(26)24-16-12-15(21)6-7-17(16)25-11-1-9-23-25/h1-7,9,11-12H,8,10H2,(H,22,27)(H,24,26). The topological polar surface area (TPSA) is 76.0 Å². The molecule has 0 saturated carbocycles. The number of amides is 2. The lowest BCUT2D eigenvalue weighted by Crippen LogP contribution is -2.27. The van der Waals surface area contributed by atoms with Gasteiger partial charge in [0, 0.05) is 40.4 Å². The number of benzene rings is 2. The van der Waals surface area contributed by atoms with Crippen LogP contribution >= 0.6 is 27.5 Å². The maximum Gasteiger partial charge on any atom is 0.251 e. The van der Waals surface area contributed by atoms with Crippen LogP contribution in [0, 0.1) is 0 Å². The van der Waals surface area contributed by atoms with Gasteiger partial charge >= 0.3 is 0 Å². The van der Waals surface area contributed by atoms with Gasteiger partial charge in [0.05, 0.1) is 11.4 Å². The molecule has 0 aliphatic carbocycles. The van der Waals surface area contributed by atoms with Crippen molar-refractivity contribution in [3.63, 3.8) is 0 Å². The Bertz CT molecular complexity index is 943. The van der Waals surface area contributed by atoms with Gasteiger partial charge in [-0.3, -0.25) is 9.59 Å². The number of nitrogens with one attached hydrogen (secondary N) is 2. The number of carbonyl (C=O) groups is 2. The second-order valence-corrected chi connectivity index (χ2v) is 7.03. The summed E-state index contributed by atoms with van der Waals surface area (Å²) in [7, 11) is 0. The largest absolute Gasteiger partial charge is 0.352 e. The lowest BCUT2D eigenvalue weighted by molar-refractivity contribution is -0.116. The van der Waals surface area contributed by atoms with E-state index in [1.165, 1.54) is 0 Å². The molecule has 2 N–H and O–H groups in total. The molecule has 0 bridgehead atoms. The van der Waals surface area contributed by atoms with E-state index in [0.29, 0.717) is 22.0 Å². The minimum atomic E-state index is -0.234. The molecule has 138 valence electrons. The van der Waals surface area contributed by atoms with Gasteiger partial charge in [-0.05, 0) is 48.5 Å². The van der Waals surface area contributed by atoms with Gasteiger partial charge in [0.1, 0.15) is 0 Å². The molecule has 2 amide bonds. The molecule has 0 aliphatic heterocycles. The first kappa shape index (κ1) is 19.1. The molecular formula is C19H16BrClN4O2. The molecule has 0 unspecified atom stereocenters. The summed E-state index contributed by atoms with van der Waals surface area (Å²) < 4.78 is 2.54. The Morgan fingerprint density at radius 3 is 2.63 bits per heavy atom. The van der Waals surface area contributed by atoms with Crippen LogP contribution in [0.2, 0.25) is 5.02 Å². The second kappa shape index (κ2) is 8.83. The fraction of sp³-hybridized carbons (Fsp3) is 0.105. The van der Waals surface area contributed by atoms with Crippen molar-refractivity contribution in [2.75, 3.05) is 11.9 Å². The van der Waals surface area contributed by atoms with Crippen LogP contribution in [0.3, 0.4) is 0 Å². The molecule has 0 fully saturated rings. The molecule has 8 heteroatoms. The molecule has 3 rings (SSSR count). The first-order chi connectivity index (χ1) is 13.0. The van der Waals surface area contributed by atoms with Gasteiger partial charge in [0.2, 0.25) is 5.91 Å². The maximum absolute atomic E-state index is 12.3. The van der Waals surface area contributed by atoms with Gasteiger partial charge in [-0.15, -0.1) is 0 Å². The molecule has 6 nitrogen and oxygen atoms in total. The van der Waals surface area contributed by atoms with E-state index in [0.717, 1.165) is 4.47 Å². The van der Waals surface area contributed by atoms with E-state index in [1.54, 1.807) is 65.6 Å². The number of carbonyl (C=O) groups excluding carboxylic acids is 2. The van der Waals surface area contributed by atoms with Crippen molar-refractivity contribution in [1.29, 1.82) is 0 Å². The lowest BCUT2D eigenvalue weighted by atomic mass is 10.2. The first-order valence-corrected chi connectivity index (χ1v) is 9.33. The van der Waals surface area contributed by atoms with Crippen molar-refractivity contribution in [2.45, 2.75) is 6.42 Å². The SMILES string of the molecule is O=C(CCNC(=O)c1ccc(Br)cc1)Nc1cc(Cl)ccc1-n1cccn1. The highest BCUT2D eigenvalue weighted by atomic mass is 79.9. The Balaban J connectivity index is 1.57. The second-order valence-electron chi connectivity index (χ2n) is 5.67. The Kier molecular flexibility index (Phi) is 6.26. The molecule has 1 heterocycles. The summed E-state index contributed by atoms with van der Waals surface area (Å²) in [6, 6.07) is 14.0. The zero-order chi connectivity index (χ0) is 19.2. The quantitative estimate of drug-likeness (QED) is 0.598. The first-order valence-electron chi connectivity index (χ1n) is 8.16. The zero-order valence-electron chi connectivity index (χ0n) is 14.2. The fourth-order valence-corrected chi connectivity index (χ4v) is 2.86. The number of hydrogen-bond donors (Lipinski definition) is 2. The summed E-state index contributed by atoms with van der Waals surface area (Å²) in [6.45, 7) is 0.221. The van der Waals surface area contributed by atoms with Gasteiger partial charge in [-0.2, -0.15) is 5.10 Å². The summed E-state index contributed by atoms with van der Waals surface area (Å²) in [5, 5.41) is 10.2. The minimum Gasteiger partial charge on any atom is -0.352 e. The van der Waals surface area contributed by atoms with Crippen molar-refractivity contribution >= 4 is 45.0 Å². The normalized spacial score (nSPS) is 10.4. The maximum atomic E-state index is 12.3. The van der Waals surface area contributed by atoms with E-state index in [-0.39, 0.29) is 24.8 Å². The van der Waals surface area contributed by atoms with Crippen LogP contribution in [0.1, 0.15) is 16.8 Å². The third kappa shape index (κ3) is 5.18. The molecular weight excluding hydrogens is 432 g/mol. The van der Waals surface area contributed by atoms with E-state index >= 15 is 0 Å². The van der Waals surface area contributed by atoms with Crippen LogP contribution < -0.4 is 10.6 Å². The van der Waals surface area contributed by atoms with Crippen molar-refractivity contribution in [3.05, 3.63) is 76.0 Å². The van der Waals surface area contributed by atoms with Gasteiger partial charge in [-0.25, -0.2) is 4.68 Å². The van der Waals surface area contributed by atoms with E-state index in [1.807, 2.05) is 0 Å². The van der Waals surface area contributed by atoms with Crippen molar-refractivity contribution in [2.24, 2.45) is 0 Å². The summed E-state index contributed by atoms with van der Waals surface area (Å²) in [6.07, 6.45) is 3.56. The van der Waals surface area contributed by atoms with Crippen LogP contribution in [0.15, 0.2) is 65.4 Å². The van der Waals surface area contributed by atoms with Crippen LogP contribution in [0.4, 0.5) is 5.69 Å². The predicted octanol–water partition coefficient (Wildman–Crippen LogP) is 4.05.